The topological polar surface area (TPSA) is 84.9 Å². The van der Waals surface area contributed by atoms with E-state index in [0.29, 0.717) is 23.4 Å². The Morgan fingerprint density at radius 3 is 2.51 bits per heavy atom. The molecule has 1 N–H and O–H groups in total. The van der Waals surface area contributed by atoms with E-state index in [1.165, 1.54) is 4.31 Å². The van der Waals surface area contributed by atoms with Gasteiger partial charge in [-0.25, -0.2) is 8.42 Å². The Bertz CT molecular complexity index is 1290. The van der Waals surface area contributed by atoms with E-state index in [1.807, 2.05) is 38.1 Å². The van der Waals surface area contributed by atoms with Gasteiger partial charge < -0.3 is 14.8 Å². The van der Waals surface area contributed by atoms with E-state index < -0.39 is 16.1 Å². The van der Waals surface area contributed by atoms with Crippen LogP contribution in [0.25, 0.3) is 0 Å². The molecule has 0 saturated heterocycles. The maximum absolute atomic E-state index is 13.4. The van der Waals surface area contributed by atoms with Crippen molar-refractivity contribution >= 4 is 21.6 Å². The Labute approximate surface area is 206 Å². The third-order valence-electron chi connectivity index (χ3n) is 6.10. The highest BCUT2D eigenvalue weighted by Gasteiger charge is 2.37. The van der Waals surface area contributed by atoms with Crippen molar-refractivity contribution < 1.29 is 22.7 Å². The number of nitrogens with one attached hydrogen (secondary N) is 1. The lowest BCUT2D eigenvalue weighted by atomic mass is 10.0. The van der Waals surface area contributed by atoms with Gasteiger partial charge in [0.15, 0.2) is 6.10 Å². The minimum atomic E-state index is -3.76. The minimum Gasteiger partial charge on any atom is -0.496 e. The van der Waals surface area contributed by atoms with Gasteiger partial charge in [-0.2, -0.15) is 0 Å². The normalized spacial score (nSPS) is 16.1. The summed E-state index contributed by atoms with van der Waals surface area (Å²) < 4.78 is 39.4. The minimum absolute atomic E-state index is 0.101. The fraction of sp³-hybridized carbons (Fsp3) is 0.296. The van der Waals surface area contributed by atoms with Gasteiger partial charge >= 0.3 is 0 Å². The zero-order valence-electron chi connectivity index (χ0n) is 20.1. The zero-order valence-corrected chi connectivity index (χ0v) is 20.9. The van der Waals surface area contributed by atoms with Crippen molar-refractivity contribution in [2.75, 3.05) is 18.0 Å². The van der Waals surface area contributed by atoms with Crippen LogP contribution >= 0.6 is 0 Å². The van der Waals surface area contributed by atoms with E-state index in [2.05, 4.69) is 5.32 Å². The molecule has 0 aliphatic carbocycles. The fourth-order valence-corrected chi connectivity index (χ4v) is 5.85. The van der Waals surface area contributed by atoms with Gasteiger partial charge in [-0.1, -0.05) is 61.5 Å². The third-order valence-corrected chi connectivity index (χ3v) is 7.82. The van der Waals surface area contributed by atoms with Crippen LogP contribution in [0.15, 0.2) is 72.8 Å². The standard InChI is InChI=1S/C27H30N2O5S/c1-4-22(21-14-15-24(33-3)19(2)16-21)28-27(30)26-17-29(23-12-8-9-13-25(23)34-26)35(31,32)18-20-10-6-5-7-11-20/h5-16,22,26H,4,17-18H2,1-3H3,(H,28,30)/t22-,26+/m1/s1. The summed E-state index contributed by atoms with van der Waals surface area (Å²) in [5.74, 6) is 0.615. The van der Waals surface area contributed by atoms with Crippen molar-refractivity contribution in [2.45, 2.75) is 38.2 Å². The quantitative estimate of drug-likeness (QED) is 0.503. The third kappa shape index (κ3) is 5.43. The van der Waals surface area contributed by atoms with Gasteiger partial charge in [-0.15, -0.1) is 0 Å². The first kappa shape index (κ1) is 24.6. The van der Waals surface area contributed by atoms with Crippen LogP contribution in [0.5, 0.6) is 11.5 Å². The van der Waals surface area contributed by atoms with Gasteiger partial charge in [-0.3, -0.25) is 9.10 Å². The molecule has 184 valence electrons. The molecule has 7 nitrogen and oxygen atoms in total. The number of amides is 1. The highest BCUT2D eigenvalue weighted by molar-refractivity contribution is 7.92. The first-order chi connectivity index (χ1) is 16.8. The summed E-state index contributed by atoms with van der Waals surface area (Å²) in [4.78, 5) is 13.3. The molecule has 3 aromatic carbocycles. The summed E-state index contributed by atoms with van der Waals surface area (Å²) >= 11 is 0. The van der Waals surface area contributed by atoms with Crippen LogP contribution in [-0.4, -0.2) is 34.1 Å². The Morgan fingerprint density at radius 2 is 1.83 bits per heavy atom. The average molecular weight is 495 g/mol. The van der Waals surface area contributed by atoms with Crippen molar-refractivity contribution in [3.63, 3.8) is 0 Å². The van der Waals surface area contributed by atoms with Crippen LogP contribution in [0, 0.1) is 6.92 Å². The number of fused-ring (bicyclic) bond motifs is 1. The number of para-hydroxylation sites is 2. The highest BCUT2D eigenvalue weighted by atomic mass is 32.2. The molecular formula is C27H30N2O5S. The predicted octanol–water partition coefficient (Wildman–Crippen LogP) is 4.37. The SMILES string of the molecule is CC[C@@H](NC(=O)[C@@H]1CN(S(=O)(=O)Cc2ccccc2)c2ccccc2O1)c1ccc(OC)c(C)c1. The average Bonchev–Trinajstić information content (AvgIpc) is 2.86. The number of hydrogen-bond acceptors (Lipinski definition) is 5. The van der Waals surface area contributed by atoms with Crippen molar-refractivity contribution in [1.82, 2.24) is 5.32 Å². The van der Waals surface area contributed by atoms with E-state index in [4.69, 9.17) is 9.47 Å². The van der Waals surface area contributed by atoms with Crippen LogP contribution in [-0.2, 0) is 20.6 Å². The summed E-state index contributed by atoms with van der Waals surface area (Å²) in [5, 5.41) is 3.04. The number of anilines is 1. The molecular weight excluding hydrogens is 464 g/mol. The number of ether oxygens (including phenoxy) is 2. The van der Waals surface area contributed by atoms with Crippen LogP contribution in [0.4, 0.5) is 5.69 Å². The number of aryl methyl sites for hydroxylation is 1. The molecule has 1 aliphatic heterocycles. The number of hydrogen-bond donors (Lipinski definition) is 1. The maximum Gasteiger partial charge on any atom is 0.263 e. The van der Waals surface area contributed by atoms with Crippen LogP contribution < -0.4 is 19.1 Å². The lowest BCUT2D eigenvalue weighted by Gasteiger charge is -2.35. The smallest absolute Gasteiger partial charge is 0.263 e. The molecule has 0 saturated carbocycles. The van der Waals surface area contributed by atoms with E-state index in [1.54, 1.807) is 55.6 Å². The van der Waals surface area contributed by atoms with E-state index in [-0.39, 0.29) is 24.2 Å². The fourth-order valence-electron chi connectivity index (χ4n) is 4.27. The van der Waals surface area contributed by atoms with Gasteiger partial charge in [0.05, 0.1) is 31.1 Å². The maximum atomic E-state index is 13.4. The largest absolute Gasteiger partial charge is 0.496 e. The van der Waals surface area contributed by atoms with Gasteiger partial charge in [0.2, 0.25) is 10.0 Å². The molecule has 0 spiro atoms. The Balaban J connectivity index is 1.57. The number of benzene rings is 3. The van der Waals surface area contributed by atoms with Gasteiger partial charge in [-0.05, 0) is 48.2 Å². The molecule has 35 heavy (non-hydrogen) atoms. The lowest BCUT2D eigenvalue weighted by molar-refractivity contribution is -0.128. The molecule has 1 heterocycles. The molecule has 0 radical (unpaired) electrons. The van der Waals surface area contributed by atoms with E-state index >= 15 is 0 Å². The van der Waals surface area contributed by atoms with Crippen molar-refractivity contribution in [2.24, 2.45) is 0 Å². The molecule has 1 aliphatic rings. The summed E-state index contributed by atoms with van der Waals surface area (Å²) in [6, 6.07) is 21.4. The summed E-state index contributed by atoms with van der Waals surface area (Å²) in [6.45, 7) is 3.84. The number of rotatable bonds is 8. The molecule has 0 unspecified atom stereocenters. The first-order valence-corrected chi connectivity index (χ1v) is 13.2. The number of carbonyl (C=O) groups excluding carboxylic acids is 1. The summed E-state index contributed by atoms with van der Waals surface area (Å²) in [5.41, 5.74) is 3.03. The number of carbonyl (C=O) groups is 1. The molecule has 3 aromatic rings. The molecule has 2 atom stereocenters. The number of sulfonamides is 1. The van der Waals surface area contributed by atoms with Crippen LogP contribution in [0.3, 0.4) is 0 Å². The second-order valence-corrected chi connectivity index (χ2v) is 10.4. The Kier molecular flexibility index (Phi) is 7.31. The zero-order chi connectivity index (χ0) is 25.0. The van der Waals surface area contributed by atoms with Crippen LogP contribution in [0.1, 0.15) is 36.1 Å². The van der Waals surface area contributed by atoms with Gasteiger partial charge in [0.25, 0.3) is 5.91 Å². The highest BCUT2D eigenvalue weighted by Crippen LogP contribution is 2.36. The van der Waals surface area contributed by atoms with E-state index in [0.717, 1.165) is 16.9 Å². The van der Waals surface area contributed by atoms with E-state index in [9.17, 15) is 13.2 Å². The molecule has 0 bridgehead atoms. The number of nitrogens with zero attached hydrogens (tertiary/aromatic N) is 1. The van der Waals surface area contributed by atoms with Gasteiger partial charge in [0, 0.05) is 0 Å². The van der Waals surface area contributed by atoms with Crippen molar-refractivity contribution in [1.29, 1.82) is 0 Å². The van der Waals surface area contributed by atoms with Gasteiger partial charge in [0.1, 0.15) is 11.5 Å². The van der Waals surface area contributed by atoms with Crippen molar-refractivity contribution in [3.05, 3.63) is 89.5 Å². The molecule has 1 amide bonds. The molecule has 8 heteroatoms. The second-order valence-electron chi connectivity index (χ2n) is 8.55. The predicted molar refractivity (Wildman–Crippen MR) is 136 cm³/mol. The second kappa shape index (κ2) is 10.4. The first-order valence-electron chi connectivity index (χ1n) is 11.6. The summed E-state index contributed by atoms with van der Waals surface area (Å²) in [6.07, 6.45) is -0.319. The molecule has 4 rings (SSSR count). The lowest BCUT2D eigenvalue weighted by Crippen LogP contribution is -2.51. The van der Waals surface area contributed by atoms with Crippen molar-refractivity contribution in [3.8, 4) is 11.5 Å². The molecule has 0 fully saturated rings. The van der Waals surface area contributed by atoms with Crippen LogP contribution in [0.2, 0.25) is 0 Å². The summed E-state index contributed by atoms with van der Waals surface area (Å²) in [7, 11) is -2.13. The Hall–Kier alpha value is -3.52. The number of methoxy groups -OCH3 is 1. The Morgan fingerprint density at radius 1 is 1.11 bits per heavy atom. The monoisotopic (exact) mass is 494 g/mol. The molecule has 0 aromatic heterocycles.